The van der Waals surface area contributed by atoms with Gasteiger partial charge in [-0.2, -0.15) is 0 Å². The van der Waals surface area contributed by atoms with Crippen molar-refractivity contribution in [3.8, 4) is 5.75 Å². The standard InChI is InChI=1S/C11H11NO2/c1-2-7-6-12-11(14)9-4-3-8(13)5-10(7)9/h3-6,13H,2H2,1H3,(H,12,14). The molecule has 0 saturated heterocycles. The summed E-state index contributed by atoms with van der Waals surface area (Å²) in [4.78, 5) is 14.1. The zero-order valence-corrected chi connectivity index (χ0v) is 7.87. The Bertz CT molecular complexity index is 528. The molecule has 2 aromatic rings. The first kappa shape index (κ1) is 8.81. The summed E-state index contributed by atoms with van der Waals surface area (Å²) in [5, 5.41) is 10.8. The molecule has 1 heterocycles. The highest BCUT2D eigenvalue weighted by molar-refractivity contribution is 5.85. The molecule has 0 fully saturated rings. The molecule has 1 aromatic carbocycles. The first-order valence-corrected chi connectivity index (χ1v) is 4.55. The van der Waals surface area contributed by atoms with Gasteiger partial charge in [-0.05, 0) is 35.6 Å². The van der Waals surface area contributed by atoms with Crippen LogP contribution in [-0.4, -0.2) is 10.1 Å². The van der Waals surface area contributed by atoms with Crippen LogP contribution in [0, 0.1) is 0 Å². The molecular weight excluding hydrogens is 178 g/mol. The normalized spacial score (nSPS) is 10.6. The molecular formula is C11H11NO2. The molecule has 0 bridgehead atoms. The van der Waals surface area contributed by atoms with Crippen LogP contribution in [0.3, 0.4) is 0 Å². The second-order valence-electron chi connectivity index (χ2n) is 3.23. The van der Waals surface area contributed by atoms with Gasteiger partial charge in [-0.1, -0.05) is 6.92 Å². The molecule has 0 spiro atoms. The lowest BCUT2D eigenvalue weighted by molar-refractivity contribution is 0.476. The summed E-state index contributed by atoms with van der Waals surface area (Å²) in [5.41, 5.74) is 0.924. The number of pyridine rings is 1. The third-order valence-corrected chi connectivity index (χ3v) is 2.35. The van der Waals surface area contributed by atoms with Crippen molar-refractivity contribution in [2.75, 3.05) is 0 Å². The van der Waals surface area contributed by atoms with Gasteiger partial charge < -0.3 is 10.1 Å². The molecule has 72 valence electrons. The Hall–Kier alpha value is -1.77. The summed E-state index contributed by atoms with van der Waals surface area (Å²) in [6.45, 7) is 2.01. The van der Waals surface area contributed by atoms with E-state index in [9.17, 15) is 9.90 Å². The lowest BCUT2D eigenvalue weighted by atomic mass is 10.1. The Morgan fingerprint density at radius 1 is 1.36 bits per heavy atom. The number of benzene rings is 1. The minimum atomic E-state index is -0.114. The van der Waals surface area contributed by atoms with Gasteiger partial charge >= 0.3 is 0 Å². The lowest BCUT2D eigenvalue weighted by Crippen LogP contribution is -2.06. The Morgan fingerprint density at radius 3 is 2.86 bits per heavy atom. The molecule has 0 aliphatic carbocycles. The smallest absolute Gasteiger partial charge is 0.255 e. The van der Waals surface area contributed by atoms with Crippen LogP contribution < -0.4 is 5.56 Å². The Labute approximate surface area is 81.0 Å². The number of phenols is 1. The maximum absolute atomic E-state index is 11.4. The van der Waals surface area contributed by atoms with Crippen LogP contribution in [0.4, 0.5) is 0 Å². The summed E-state index contributed by atoms with van der Waals surface area (Å²) < 4.78 is 0. The van der Waals surface area contributed by atoms with Crippen LogP contribution in [0.5, 0.6) is 5.75 Å². The molecule has 0 amide bonds. The van der Waals surface area contributed by atoms with Crippen molar-refractivity contribution < 1.29 is 5.11 Å². The van der Waals surface area contributed by atoms with Gasteiger partial charge in [-0.15, -0.1) is 0 Å². The number of nitrogens with one attached hydrogen (secondary N) is 1. The van der Waals surface area contributed by atoms with Crippen LogP contribution >= 0.6 is 0 Å². The molecule has 1 aromatic heterocycles. The highest BCUT2D eigenvalue weighted by atomic mass is 16.3. The van der Waals surface area contributed by atoms with E-state index < -0.39 is 0 Å². The Balaban J connectivity index is 2.92. The van der Waals surface area contributed by atoms with Gasteiger partial charge in [0.05, 0.1) is 0 Å². The SMILES string of the molecule is CCc1c[nH]c(=O)c2ccc(O)cc12. The van der Waals surface area contributed by atoms with E-state index in [2.05, 4.69) is 4.98 Å². The lowest BCUT2D eigenvalue weighted by Gasteiger charge is -2.03. The van der Waals surface area contributed by atoms with Crippen molar-refractivity contribution in [3.05, 3.63) is 40.3 Å². The summed E-state index contributed by atoms with van der Waals surface area (Å²) >= 11 is 0. The third kappa shape index (κ3) is 1.27. The van der Waals surface area contributed by atoms with E-state index in [4.69, 9.17) is 0 Å². The van der Waals surface area contributed by atoms with Crippen LogP contribution in [0.1, 0.15) is 12.5 Å². The van der Waals surface area contributed by atoms with Gasteiger partial charge in [0.25, 0.3) is 5.56 Å². The molecule has 0 atom stereocenters. The van der Waals surface area contributed by atoms with Crippen LogP contribution in [-0.2, 0) is 6.42 Å². The van der Waals surface area contributed by atoms with E-state index in [1.165, 1.54) is 6.07 Å². The highest BCUT2D eigenvalue weighted by Gasteiger charge is 2.03. The fourth-order valence-electron chi connectivity index (χ4n) is 1.60. The van der Waals surface area contributed by atoms with Crippen LogP contribution in [0.2, 0.25) is 0 Å². The molecule has 0 saturated carbocycles. The third-order valence-electron chi connectivity index (χ3n) is 2.35. The molecule has 0 aliphatic heterocycles. The second kappa shape index (κ2) is 3.18. The van der Waals surface area contributed by atoms with Gasteiger partial charge in [0, 0.05) is 11.6 Å². The monoisotopic (exact) mass is 189 g/mol. The number of aromatic nitrogens is 1. The summed E-state index contributed by atoms with van der Waals surface area (Å²) in [6.07, 6.45) is 2.53. The molecule has 3 heteroatoms. The quantitative estimate of drug-likeness (QED) is 0.718. The van der Waals surface area contributed by atoms with Gasteiger partial charge in [0.15, 0.2) is 0 Å². The summed E-state index contributed by atoms with van der Waals surface area (Å²) in [6, 6.07) is 4.79. The number of aryl methyl sites for hydroxylation is 1. The minimum Gasteiger partial charge on any atom is -0.508 e. The number of hydrogen-bond donors (Lipinski definition) is 2. The van der Waals surface area contributed by atoms with E-state index in [1.54, 1.807) is 18.3 Å². The van der Waals surface area contributed by atoms with Crippen molar-refractivity contribution in [2.24, 2.45) is 0 Å². The van der Waals surface area contributed by atoms with Crippen molar-refractivity contribution >= 4 is 10.8 Å². The molecule has 3 nitrogen and oxygen atoms in total. The van der Waals surface area contributed by atoms with Crippen molar-refractivity contribution in [2.45, 2.75) is 13.3 Å². The average molecular weight is 189 g/mol. The topological polar surface area (TPSA) is 53.1 Å². The van der Waals surface area contributed by atoms with Crippen LogP contribution in [0.25, 0.3) is 10.8 Å². The van der Waals surface area contributed by atoms with Gasteiger partial charge in [0.2, 0.25) is 0 Å². The number of aromatic hydroxyl groups is 1. The molecule has 14 heavy (non-hydrogen) atoms. The average Bonchev–Trinajstić information content (AvgIpc) is 2.18. The van der Waals surface area contributed by atoms with E-state index in [-0.39, 0.29) is 11.3 Å². The van der Waals surface area contributed by atoms with Crippen molar-refractivity contribution in [3.63, 3.8) is 0 Å². The first-order chi connectivity index (χ1) is 6.72. The number of fused-ring (bicyclic) bond motifs is 1. The van der Waals surface area contributed by atoms with E-state index in [0.717, 1.165) is 17.4 Å². The second-order valence-corrected chi connectivity index (χ2v) is 3.23. The zero-order chi connectivity index (χ0) is 10.1. The predicted octanol–water partition coefficient (Wildman–Crippen LogP) is 1.80. The molecule has 2 rings (SSSR count). The van der Waals surface area contributed by atoms with Gasteiger partial charge in [-0.3, -0.25) is 4.79 Å². The number of H-pyrrole nitrogens is 1. The largest absolute Gasteiger partial charge is 0.508 e. The summed E-state index contributed by atoms with van der Waals surface area (Å²) in [5.74, 6) is 0.192. The van der Waals surface area contributed by atoms with Crippen LogP contribution in [0.15, 0.2) is 29.2 Å². The molecule has 0 aliphatic rings. The number of rotatable bonds is 1. The maximum atomic E-state index is 11.4. The van der Waals surface area contributed by atoms with Gasteiger partial charge in [0.1, 0.15) is 5.75 Å². The fourth-order valence-corrected chi connectivity index (χ4v) is 1.60. The maximum Gasteiger partial charge on any atom is 0.255 e. The van der Waals surface area contributed by atoms with E-state index in [1.807, 2.05) is 6.92 Å². The number of aromatic amines is 1. The van der Waals surface area contributed by atoms with E-state index in [0.29, 0.717) is 5.39 Å². The molecule has 2 N–H and O–H groups in total. The van der Waals surface area contributed by atoms with Crippen molar-refractivity contribution in [1.82, 2.24) is 4.98 Å². The highest BCUT2D eigenvalue weighted by Crippen LogP contribution is 2.20. The Morgan fingerprint density at radius 2 is 2.14 bits per heavy atom. The zero-order valence-electron chi connectivity index (χ0n) is 7.87. The molecule has 0 unspecified atom stereocenters. The van der Waals surface area contributed by atoms with E-state index >= 15 is 0 Å². The Kier molecular flexibility index (Phi) is 2.00. The number of hydrogen-bond acceptors (Lipinski definition) is 2. The molecule has 0 radical (unpaired) electrons. The summed E-state index contributed by atoms with van der Waals surface area (Å²) in [7, 11) is 0. The first-order valence-electron chi connectivity index (χ1n) is 4.55. The van der Waals surface area contributed by atoms with Crippen molar-refractivity contribution in [1.29, 1.82) is 0 Å². The fraction of sp³-hybridized carbons (Fsp3) is 0.182. The minimum absolute atomic E-state index is 0.114. The number of phenolic OH excluding ortho intramolecular Hbond substituents is 1. The predicted molar refractivity (Wildman–Crippen MR) is 55.6 cm³/mol. The van der Waals surface area contributed by atoms with Gasteiger partial charge in [-0.25, -0.2) is 0 Å².